The van der Waals surface area contributed by atoms with E-state index in [0.717, 1.165) is 11.9 Å². The number of aryl methyl sites for hydroxylation is 1. The standard InChI is InChI=1S/C14H15ClFN3O/c1-8-4-12-11(5-10(8)16)18-13(6-15)19(12)7-9-2-3-14(20)17-9/h4-5,9H,2-3,6-7H2,1H3,(H,17,20). The zero-order chi connectivity index (χ0) is 14.3. The number of amides is 1. The number of alkyl halides is 1. The van der Waals surface area contributed by atoms with Crippen LogP contribution in [0.5, 0.6) is 0 Å². The van der Waals surface area contributed by atoms with E-state index in [9.17, 15) is 9.18 Å². The fourth-order valence-electron chi connectivity index (χ4n) is 2.64. The van der Waals surface area contributed by atoms with E-state index in [2.05, 4.69) is 10.3 Å². The summed E-state index contributed by atoms with van der Waals surface area (Å²) < 4.78 is 15.6. The highest BCUT2D eigenvalue weighted by Gasteiger charge is 2.23. The van der Waals surface area contributed by atoms with Crippen molar-refractivity contribution in [1.82, 2.24) is 14.9 Å². The number of halogens is 2. The number of hydrogen-bond donors (Lipinski definition) is 1. The van der Waals surface area contributed by atoms with E-state index < -0.39 is 0 Å². The molecule has 1 N–H and O–H groups in total. The van der Waals surface area contributed by atoms with Crippen LogP contribution in [0.15, 0.2) is 12.1 Å². The predicted octanol–water partition coefficient (Wildman–Crippen LogP) is 2.50. The summed E-state index contributed by atoms with van der Waals surface area (Å²) in [4.78, 5) is 15.7. The van der Waals surface area contributed by atoms with Gasteiger partial charge in [0.1, 0.15) is 11.6 Å². The van der Waals surface area contributed by atoms with Crippen LogP contribution in [0, 0.1) is 12.7 Å². The second kappa shape index (κ2) is 5.05. The first-order valence-corrected chi connectivity index (χ1v) is 7.12. The first-order valence-electron chi connectivity index (χ1n) is 6.59. The fourth-order valence-corrected chi connectivity index (χ4v) is 2.84. The quantitative estimate of drug-likeness (QED) is 0.885. The van der Waals surface area contributed by atoms with Crippen molar-refractivity contribution >= 4 is 28.5 Å². The van der Waals surface area contributed by atoms with Gasteiger partial charge < -0.3 is 9.88 Å². The van der Waals surface area contributed by atoms with Gasteiger partial charge in [-0.2, -0.15) is 0 Å². The Bertz CT molecular complexity index is 683. The SMILES string of the molecule is Cc1cc2c(cc1F)nc(CCl)n2CC1CCC(=O)N1. The second-order valence-electron chi connectivity index (χ2n) is 5.17. The molecule has 1 atom stereocenters. The Morgan fingerprint density at radius 3 is 3.00 bits per heavy atom. The number of imidazole rings is 1. The second-order valence-corrected chi connectivity index (χ2v) is 5.43. The Morgan fingerprint density at radius 1 is 1.55 bits per heavy atom. The summed E-state index contributed by atoms with van der Waals surface area (Å²) >= 11 is 5.93. The average Bonchev–Trinajstić information content (AvgIpc) is 2.96. The lowest BCUT2D eigenvalue weighted by Gasteiger charge is -2.14. The maximum atomic E-state index is 13.6. The van der Waals surface area contributed by atoms with Gasteiger partial charge in [-0.1, -0.05) is 0 Å². The third-order valence-electron chi connectivity index (χ3n) is 3.72. The van der Waals surface area contributed by atoms with Crippen LogP contribution in [-0.4, -0.2) is 21.5 Å². The summed E-state index contributed by atoms with van der Waals surface area (Å²) in [6, 6.07) is 3.31. The minimum absolute atomic E-state index is 0.0778. The van der Waals surface area contributed by atoms with Crippen LogP contribution in [0.4, 0.5) is 4.39 Å². The fraction of sp³-hybridized carbons (Fsp3) is 0.429. The molecule has 0 saturated carbocycles. The average molecular weight is 296 g/mol. The van der Waals surface area contributed by atoms with Gasteiger partial charge in [-0.15, -0.1) is 11.6 Å². The Morgan fingerprint density at radius 2 is 2.35 bits per heavy atom. The van der Waals surface area contributed by atoms with Crippen LogP contribution in [0.2, 0.25) is 0 Å². The summed E-state index contributed by atoms with van der Waals surface area (Å²) in [5, 5.41) is 2.93. The third-order valence-corrected chi connectivity index (χ3v) is 3.95. The van der Waals surface area contributed by atoms with Gasteiger partial charge in [0.2, 0.25) is 5.91 Å². The molecule has 20 heavy (non-hydrogen) atoms. The van der Waals surface area contributed by atoms with Crippen molar-refractivity contribution in [1.29, 1.82) is 0 Å². The van der Waals surface area contributed by atoms with E-state index in [1.807, 2.05) is 4.57 Å². The lowest BCUT2D eigenvalue weighted by Crippen LogP contribution is -2.30. The van der Waals surface area contributed by atoms with E-state index in [0.29, 0.717) is 29.9 Å². The molecule has 3 rings (SSSR count). The predicted molar refractivity (Wildman–Crippen MR) is 75.1 cm³/mol. The number of rotatable bonds is 3. The molecular formula is C14H15ClFN3O. The zero-order valence-electron chi connectivity index (χ0n) is 11.1. The number of carbonyl (C=O) groups is 1. The van der Waals surface area contributed by atoms with Crippen LogP contribution < -0.4 is 5.32 Å². The van der Waals surface area contributed by atoms with Crippen molar-refractivity contribution in [2.24, 2.45) is 0 Å². The van der Waals surface area contributed by atoms with Crippen LogP contribution in [0.25, 0.3) is 11.0 Å². The minimum atomic E-state index is -0.266. The van der Waals surface area contributed by atoms with E-state index in [1.165, 1.54) is 6.07 Å². The minimum Gasteiger partial charge on any atom is -0.352 e. The number of hydrogen-bond acceptors (Lipinski definition) is 2. The molecule has 1 fully saturated rings. The van der Waals surface area contributed by atoms with Crippen molar-refractivity contribution in [2.75, 3.05) is 0 Å². The Balaban J connectivity index is 2.03. The maximum absolute atomic E-state index is 13.6. The number of nitrogens with zero attached hydrogens (tertiary/aromatic N) is 2. The largest absolute Gasteiger partial charge is 0.352 e. The Hall–Kier alpha value is -1.62. The molecule has 1 unspecified atom stereocenters. The number of nitrogens with one attached hydrogen (secondary N) is 1. The molecule has 0 spiro atoms. The molecule has 6 heteroatoms. The van der Waals surface area contributed by atoms with Crippen LogP contribution >= 0.6 is 11.6 Å². The Labute approximate surface area is 120 Å². The highest BCUT2D eigenvalue weighted by atomic mass is 35.5. The van der Waals surface area contributed by atoms with Crippen molar-refractivity contribution in [2.45, 2.75) is 38.2 Å². The molecule has 1 aliphatic rings. The number of carbonyl (C=O) groups excluding carboxylic acids is 1. The van der Waals surface area contributed by atoms with Gasteiger partial charge >= 0.3 is 0 Å². The first-order chi connectivity index (χ1) is 9.58. The molecule has 0 radical (unpaired) electrons. The molecule has 0 aliphatic carbocycles. The van der Waals surface area contributed by atoms with E-state index >= 15 is 0 Å². The third kappa shape index (κ3) is 2.26. The molecule has 0 bridgehead atoms. The summed E-state index contributed by atoms with van der Waals surface area (Å²) in [6.07, 6.45) is 1.36. The van der Waals surface area contributed by atoms with Gasteiger partial charge in [0.05, 0.1) is 16.9 Å². The van der Waals surface area contributed by atoms with Gasteiger partial charge in [0.15, 0.2) is 0 Å². The van der Waals surface area contributed by atoms with Crippen LogP contribution in [-0.2, 0) is 17.2 Å². The molecule has 106 valence electrons. The summed E-state index contributed by atoms with van der Waals surface area (Å²) in [6.45, 7) is 2.35. The lowest BCUT2D eigenvalue weighted by molar-refractivity contribution is -0.119. The summed E-state index contributed by atoms with van der Waals surface area (Å²) in [5.74, 6) is 0.773. The molecular weight excluding hydrogens is 281 g/mol. The molecule has 2 heterocycles. The van der Waals surface area contributed by atoms with E-state index in [4.69, 9.17) is 11.6 Å². The molecule has 1 aliphatic heterocycles. The Kier molecular flexibility index (Phi) is 3.38. The smallest absolute Gasteiger partial charge is 0.220 e. The van der Waals surface area contributed by atoms with Gasteiger partial charge in [0, 0.05) is 25.1 Å². The first kappa shape index (κ1) is 13.4. The van der Waals surface area contributed by atoms with E-state index in [-0.39, 0.29) is 23.6 Å². The molecule has 2 aromatic rings. The van der Waals surface area contributed by atoms with Crippen LogP contribution in [0.3, 0.4) is 0 Å². The zero-order valence-corrected chi connectivity index (χ0v) is 11.9. The lowest BCUT2D eigenvalue weighted by atomic mass is 10.2. The van der Waals surface area contributed by atoms with Gasteiger partial charge in [-0.3, -0.25) is 4.79 Å². The van der Waals surface area contributed by atoms with Crippen molar-refractivity contribution in [3.05, 3.63) is 29.3 Å². The van der Waals surface area contributed by atoms with Gasteiger partial charge in [0.25, 0.3) is 0 Å². The maximum Gasteiger partial charge on any atom is 0.220 e. The molecule has 4 nitrogen and oxygen atoms in total. The number of benzene rings is 1. The van der Waals surface area contributed by atoms with Gasteiger partial charge in [-0.05, 0) is 25.0 Å². The highest BCUT2D eigenvalue weighted by Crippen LogP contribution is 2.23. The van der Waals surface area contributed by atoms with Crippen molar-refractivity contribution < 1.29 is 9.18 Å². The number of aromatic nitrogens is 2. The monoisotopic (exact) mass is 295 g/mol. The van der Waals surface area contributed by atoms with Gasteiger partial charge in [-0.25, -0.2) is 9.37 Å². The number of fused-ring (bicyclic) bond motifs is 1. The summed E-state index contributed by atoms with van der Waals surface area (Å²) in [5.41, 5.74) is 2.05. The molecule has 1 aromatic carbocycles. The normalized spacial score (nSPS) is 18.8. The molecule has 1 aromatic heterocycles. The van der Waals surface area contributed by atoms with Crippen LogP contribution in [0.1, 0.15) is 24.2 Å². The highest BCUT2D eigenvalue weighted by molar-refractivity contribution is 6.16. The van der Waals surface area contributed by atoms with Crippen molar-refractivity contribution in [3.63, 3.8) is 0 Å². The van der Waals surface area contributed by atoms with Crippen molar-refractivity contribution in [3.8, 4) is 0 Å². The summed E-state index contributed by atoms with van der Waals surface area (Å²) in [7, 11) is 0. The molecule has 1 amide bonds. The topological polar surface area (TPSA) is 46.9 Å². The molecule has 1 saturated heterocycles. The van der Waals surface area contributed by atoms with E-state index in [1.54, 1.807) is 13.0 Å².